The highest BCUT2D eigenvalue weighted by atomic mass is 35.5. The van der Waals surface area contributed by atoms with E-state index in [0.29, 0.717) is 12.6 Å². The number of hydrogen-bond donors (Lipinski definition) is 2. The maximum Gasteiger partial charge on any atom is 0.241 e. The molecule has 2 fully saturated rings. The molecule has 4 atom stereocenters. The number of para-hydroxylation sites is 1. The number of nitrogens with zero attached hydrogens (tertiary/aromatic N) is 1. The van der Waals surface area contributed by atoms with E-state index >= 15 is 0 Å². The topological polar surface area (TPSA) is 61.4 Å². The molecule has 1 aromatic carbocycles. The number of halogens is 1. The quantitative estimate of drug-likeness (QED) is 0.769. The molecule has 0 bridgehead atoms. The first-order chi connectivity index (χ1) is 12.1. The second-order valence-corrected chi connectivity index (χ2v) is 9.13. The van der Waals surface area contributed by atoms with Gasteiger partial charge < -0.3 is 10.2 Å². The number of alkyl halides is 1. The van der Waals surface area contributed by atoms with E-state index in [1.807, 2.05) is 12.1 Å². The number of fused-ring (bicyclic) bond motifs is 1. The monoisotopic (exact) mass is 379 g/mol. The molecule has 0 aliphatic carbocycles. The maximum atomic E-state index is 12.7. The molecule has 5 nitrogen and oxygen atoms in total. The Labute approximate surface area is 156 Å². The minimum Gasteiger partial charge on any atom is -0.384 e. The van der Waals surface area contributed by atoms with Crippen molar-refractivity contribution >= 4 is 40.7 Å². The highest BCUT2D eigenvalue weighted by Gasteiger charge is 2.37. The molecule has 0 saturated carbocycles. The molecule has 7 heteroatoms. The van der Waals surface area contributed by atoms with Gasteiger partial charge in [-0.3, -0.25) is 14.9 Å². The van der Waals surface area contributed by atoms with Gasteiger partial charge in [0, 0.05) is 18.2 Å². The van der Waals surface area contributed by atoms with Gasteiger partial charge in [0.2, 0.25) is 5.91 Å². The van der Waals surface area contributed by atoms with Crippen LogP contribution in [-0.2, 0) is 9.59 Å². The number of hydrogen-bond acceptors (Lipinski definition) is 5. The van der Waals surface area contributed by atoms with Crippen LogP contribution in [0.3, 0.4) is 0 Å². The van der Waals surface area contributed by atoms with Gasteiger partial charge in [-0.05, 0) is 30.9 Å². The molecule has 0 spiro atoms. The Bertz CT molecular complexity index is 686. The van der Waals surface area contributed by atoms with Crippen molar-refractivity contribution in [1.29, 1.82) is 0 Å². The number of carbonyl (C=O) groups excluding carboxylic acids is 2. The Morgan fingerprint density at radius 2 is 2.16 bits per heavy atom. The van der Waals surface area contributed by atoms with Crippen molar-refractivity contribution < 1.29 is 9.59 Å². The molecule has 0 aromatic heterocycles. The minimum atomic E-state index is -0.206. The average Bonchev–Trinajstić information content (AvgIpc) is 3.31. The Balaban J connectivity index is 1.34. The van der Waals surface area contributed by atoms with Gasteiger partial charge >= 0.3 is 0 Å². The van der Waals surface area contributed by atoms with Crippen LogP contribution in [0.1, 0.15) is 30.7 Å². The van der Waals surface area contributed by atoms with Gasteiger partial charge in [-0.15, -0.1) is 23.4 Å². The fourth-order valence-electron chi connectivity index (χ4n) is 3.90. The van der Waals surface area contributed by atoms with Gasteiger partial charge in [-0.2, -0.15) is 0 Å². The number of nitrogens with one attached hydrogen (secondary N) is 2. The fraction of sp³-hybridized carbons (Fsp3) is 0.556. The third-order valence-electron chi connectivity index (χ3n) is 5.27. The fourth-order valence-corrected chi connectivity index (χ4v) is 5.53. The first-order valence-corrected chi connectivity index (χ1v) is 10.2. The van der Waals surface area contributed by atoms with Crippen LogP contribution >= 0.6 is 23.4 Å². The second kappa shape index (κ2) is 7.17. The summed E-state index contributed by atoms with van der Waals surface area (Å²) in [5.74, 6) is 0.496. The number of amides is 1. The minimum absolute atomic E-state index is 0.0315. The average molecular weight is 380 g/mol. The van der Waals surface area contributed by atoms with Crippen LogP contribution in [0.2, 0.25) is 0 Å². The van der Waals surface area contributed by atoms with Crippen LogP contribution in [0, 0.1) is 0 Å². The van der Waals surface area contributed by atoms with E-state index in [2.05, 4.69) is 22.8 Å². The zero-order valence-corrected chi connectivity index (χ0v) is 15.5. The lowest BCUT2D eigenvalue weighted by Crippen LogP contribution is -2.37. The van der Waals surface area contributed by atoms with Crippen molar-refractivity contribution in [3.63, 3.8) is 0 Å². The summed E-state index contributed by atoms with van der Waals surface area (Å²) in [6.45, 7) is 1.52. The van der Waals surface area contributed by atoms with Gasteiger partial charge in [-0.1, -0.05) is 18.2 Å². The molecule has 2 saturated heterocycles. The van der Waals surface area contributed by atoms with Crippen LogP contribution in [0.25, 0.3) is 0 Å². The number of Topliss-reactive ketones (excluding diaryl/α,β-unsaturated/α-hetero) is 1. The molecule has 1 aromatic rings. The van der Waals surface area contributed by atoms with E-state index in [4.69, 9.17) is 11.6 Å². The first-order valence-electron chi connectivity index (χ1n) is 8.79. The summed E-state index contributed by atoms with van der Waals surface area (Å²) in [7, 11) is 0. The number of carbonyl (C=O) groups is 2. The molecule has 3 heterocycles. The van der Waals surface area contributed by atoms with Crippen molar-refractivity contribution in [2.75, 3.05) is 25.1 Å². The highest BCUT2D eigenvalue weighted by molar-refractivity contribution is 8.02. The Kier molecular flexibility index (Phi) is 4.93. The van der Waals surface area contributed by atoms with E-state index < -0.39 is 0 Å². The number of anilines is 1. The van der Waals surface area contributed by atoms with Gasteiger partial charge in [0.1, 0.15) is 0 Å². The van der Waals surface area contributed by atoms with Crippen molar-refractivity contribution in [1.82, 2.24) is 10.2 Å². The zero-order chi connectivity index (χ0) is 17.4. The lowest BCUT2D eigenvalue weighted by molar-refractivity contribution is -0.133. The summed E-state index contributed by atoms with van der Waals surface area (Å²) in [5.41, 5.74) is 2.45. The Morgan fingerprint density at radius 1 is 1.32 bits per heavy atom. The molecule has 3 unspecified atom stereocenters. The summed E-state index contributed by atoms with van der Waals surface area (Å²) in [6, 6.07) is 8.06. The molecule has 0 radical (unpaired) electrons. The largest absolute Gasteiger partial charge is 0.384 e. The molecule has 1 amide bonds. The van der Waals surface area contributed by atoms with Crippen LogP contribution in [0.5, 0.6) is 0 Å². The predicted octanol–water partition coefficient (Wildman–Crippen LogP) is 2.37. The number of thioether (sulfide) groups is 1. The van der Waals surface area contributed by atoms with Crippen molar-refractivity contribution in [2.45, 2.75) is 41.2 Å². The third kappa shape index (κ3) is 3.52. The zero-order valence-electron chi connectivity index (χ0n) is 13.9. The summed E-state index contributed by atoms with van der Waals surface area (Å²) in [4.78, 5) is 26.7. The summed E-state index contributed by atoms with van der Waals surface area (Å²) in [5, 5.41) is 6.63. The lowest BCUT2D eigenvalue weighted by Gasteiger charge is -2.18. The standard InChI is InChI=1S/C18H22ClN3O2S/c19-17-6-5-16(25-17)15(23)9-22-10-21-14(18(22)24)7-11-8-20-13-4-2-1-3-12(11)13/h1-4,11,14,16-17,20-21H,5-10H2/t11?,14-,16?,17?/m0/s1. The Morgan fingerprint density at radius 3 is 2.96 bits per heavy atom. The molecular weight excluding hydrogens is 358 g/mol. The van der Waals surface area contributed by atoms with Crippen molar-refractivity contribution in [3.8, 4) is 0 Å². The summed E-state index contributed by atoms with van der Waals surface area (Å²) < 4.78 is 0.0315. The first kappa shape index (κ1) is 17.2. The molecule has 4 rings (SSSR count). The number of ketones is 1. The van der Waals surface area contributed by atoms with Gasteiger partial charge in [0.05, 0.1) is 29.2 Å². The van der Waals surface area contributed by atoms with Crippen LogP contribution in [0.15, 0.2) is 24.3 Å². The van der Waals surface area contributed by atoms with E-state index in [1.54, 1.807) is 4.90 Å². The van der Waals surface area contributed by atoms with Crippen LogP contribution < -0.4 is 10.6 Å². The number of benzene rings is 1. The Hall–Kier alpha value is -1.24. The molecule has 134 valence electrons. The molecule has 25 heavy (non-hydrogen) atoms. The van der Waals surface area contributed by atoms with Gasteiger partial charge in [-0.25, -0.2) is 0 Å². The summed E-state index contributed by atoms with van der Waals surface area (Å²) in [6.07, 6.45) is 2.45. The smallest absolute Gasteiger partial charge is 0.241 e. The van der Waals surface area contributed by atoms with E-state index in [9.17, 15) is 9.59 Å². The van der Waals surface area contributed by atoms with Crippen molar-refractivity contribution in [2.24, 2.45) is 0 Å². The maximum absolute atomic E-state index is 12.7. The van der Waals surface area contributed by atoms with Gasteiger partial charge in [0.15, 0.2) is 5.78 Å². The van der Waals surface area contributed by atoms with Crippen LogP contribution in [-0.4, -0.2) is 52.3 Å². The lowest BCUT2D eigenvalue weighted by atomic mass is 9.94. The van der Waals surface area contributed by atoms with Gasteiger partial charge in [0.25, 0.3) is 0 Å². The van der Waals surface area contributed by atoms with E-state index in [0.717, 1.165) is 25.8 Å². The predicted molar refractivity (Wildman–Crippen MR) is 101 cm³/mol. The second-order valence-electron chi connectivity index (χ2n) is 6.93. The molecule has 3 aliphatic rings. The highest BCUT2D eigenvalue weighted by Crippen LogP contribution is 2.37. The third-order valence-corrected chi connectivity index (χ3v) is 7.16. The molecule has 3 aliphatic heterocycles. The molecule has 2 N–H and O–H groups in total. The van der Waals surface area contributed by atoms with Crippen LogP contribution in [0.4, 0.5) is 5.69 Å². The van der Waals surface area contributed by atoms with E-state index in [-0.39, 0.29) is 34.2 Å². The van der Waals surface area contributed by atoms with Crippen molar-refractivity contribution in [3.05, 3.63) is 29.8 Å². The van der Waals surface area contributed by atoms with E-state index in [1.165, 1.54) is 23.0 Å². The number of rotatable bonds is 5. The molecular formula is C18H22ClN3O2S. The SMILES string of the molecule is O=C(CN1CN[C@@H](CC2CNc3ccccc32)C1=O)C1CCC(Cl)S1. The summed E-state index contributed by atoms with van der Waals surface area (Å²) >= 11 is 7.59. The normalized spacial score (nSPS) is 31.2.